The van der Waals surface area contributed by atoms with Gasteiger partial charge in [-0.1, -0.05) is 0 Å². The number of hydrogen-bond acceptors (Lipinski definition) is 5. The van der Waals surface area contributed by atoms with Crippen LogP contribution in [-0.4, -0.2) is 62.7 Å². The molecule has 3 rings (SSSR count). The summed E-state index contributed by atoms with van der Waals surface area (Å²) in [7, 11) is 3.36. The molecule has 0 aromatic heterocycles. The topological polar surface area (TPSA) is 51.2 Å². The van der Waals surface area contributed by atoms with E-state index >= 15 is 0 Å². The summed E-state index contributed by atoms with van der Waals surface area (Å²) in [6, 6.07) is 3.99. The Bertz CT molecular complexity index is 499. The monoisotopic (exact) mass is 293 g/mol. The predicted octanol–water partition coefficient (Wildman–Crippen LogP) is 0.864. The van der Waals surface area contributed by atoms with Gasteiger partial charge in [0.15, 0.2) is 0 Å². The van der Waals surface area contributed by atoms with Gasteiger partial charge in [-0.3, -0.25) is 4.90 Å². The van der Waals surface area contributed by atoms with E-state index in [1.807, 2.05) is 12.1 Å². The Kier molecular flexibility index (Phi) is 4.33. The lowest BCUT2D eigenvalue weighted by Crippen LogP contribution is -2.52. The maximum Gasteiger partial charge on any atom is 0.122 e. The molecular weight excluding hydrogens is 270 g/mol. The van der Waals surface area contributed by atoms with Crippen LogP contribution in [0.1, 0.15) is 11.1 Å². The van der Waals surface area contributed by atoms with Gasteiger partial charge in [-0.2, -0.15) is 0 Å². The molecule has 1 N–H and O–H groups in total. The molecule has 5 nitrogen and oxygen atoms in total. The smallest absolute Gasteiger partial charge is 0.122 e. The van der Waals surface area contributed by atoms with Gasteiger partial charge in [0.2, 0.25) is 0 Å². The number of nitrogens with zero attached hydrogens (tertiary/aromatic N) is 1. The summed E-state index contributed by atoms with van der Waals surface area (Å²) in [4.78, 5) is 2.33. The number of rotatable bonds is 3. The number of aliphatic hydroxyl groups is 1. The van der Waals surface area contributed by atoms with Gasteiger partial charge in [0.05, 0.1) is 33.5 Å². The summed E-state index contributed by atoms with van der Waals surface area (Å²) in [6.07, 6.45) is 1.02. The van der Waals surface area contributed by atoms with Crippen molar-refractivity contribution < 1.29 is 19.3 Å². The average Bonchev–Trinajstić information content (AvgIpc) is 2.54. The Morgan fingerprint density at radius 2 is 1.62 bits per heavy atom. The molecule has 2 atom stereocenters. The number of hydrogen-bond donors (Lipinski definition) is 1. The van der Waals surface area contributed by atoms with Crippen molar-refractivity contribution in [2.24, 2.45) is 0 Å². The zero-order chi connectivity index (χ0) is 14.8. The number of morpholine rings is 1. The van der Waals surface area contributed by atoms with Gasteiger partial charge in [-0.05, 0) is 18.6 Å². The second-order valence-electron chi connectivity index (χ2n) is 5.62. The lowest BCUT2D eigenvalue weighted by Gasteiger charge is -2.40. The highest BCUT2D eigenvalue weighted by atomic mass is 16.5. The third-order valence-electron chi connectivity index (χ3n) is 4.57. The molecule has 1 aliphatic heterocycles. The van der Waals surface area contributed by atoms with E-state index in [2.05, 4.69) is 4.90 Å². The van der Waals surface area contributed by atoms with Crippen molar-refractivity contribution in [3.05, 3.63) is 23.3 Å². The minimum atomic E-state index is -0.378. The molecule has 0 bridgehead atoms. The minimum Gasteiger partial charge on any atom is -0.496 e. The third kappa shape index (κ3) is 2.73. The van der Waals surface area contributed by atoms with Crippen molar-refractivity contribution in [3.8, 4) is 11.5 Å². The molecule has 21 heavy (non-hydrogen) atoms. The molecule has 2 unspecified atom stereocenters. The number of ether oxygens (including phenoxy) is 3. The van der Waals surface area contributed by atoms with Crippen LogP contribution in [0, 0.1) is 0 Å². The van der Waals surface area contributed by atoms with Crippen LogP contribution in [0.5, 0.6) is 11.5 Å². The van der Waals surface area contributed by atoms with Gasteiger partial charge >= 0.3 is 0 Å². The number of fused-ring (bicyclic) bond motifs is 1. The molecule has 0 spiro atoms. The van der Waals surface area contributed by atoms with E-state index < -0.39 is 0 Å². The van der Waals surface area contributed by atoms with Crippen molar-refractivity contribution in [2.75, 3.05) is 40.5 Å². The Hall–Kier alpha value is -1.30. The SMILES string of the molecule is COc1ccc(OC)c2c1CC(O)C(N1CCOCC1)C2. The average molecular weight is 293 g/mol. The van der Waals surface area contributed by atoms with Crippen molar-refractivity contribution >= 4 is 0 Å². The van der Waals surface area contributed by atoms with Crippen molar-refractivity contribution in [1.29, 1.82) is 0 Å². The van der Waals surface area contributed by atoms with Gasteiger partial charge in [0.25, 0.3) is 0 Å². The first-order valence-corrected chi connectivity index (χ1v) is 7.47. The van der Waals surface area contributed by atoms with Crippen LogP contribution in [0.4, 0.5) is 0 Å². The second kappa shape index (κ2) is 6.22. The first kappa shape index (κ1) is 14.6. The highest BCUT2D eigenvalue weighted by Gasteiger charge is 2.35. The maximum atomic E-state index is 10.6. The van der Waals surface area contributed by atoms with E-state index in [4.69, 9.17) is 14.2 Å². The second-order valence-corrected chi connectivity index (χ2v) is 5.62. The Morgan fingerprint density at radius 1 is 1.05 bits per heavy atom. The summed E-state index contributed by atoms with van der Waals surface area (Å²) in [5.41, 5.74) is 2.24. The van der Waals surface area contributed by atoms with Gasteiger partial charge in [-0.25, -0.2) is 0 Å². The van der Waals surface area contributed by atoms with Crippen LogP contribution in [0.25, 0.3) is 0 Å². The zero-order valence-electron chi connectivity index (χ0n) is 12.7. The molecule has 2 aliphatic rings. The normalized spacial score (nSPS) is 26.2. The first-order chi connectivity index (χ1) is 10.2. The lowest BCUT2D eigenvalue weighted by atomic mass is 9.84. The molecule has 1 fully saturated rings. The lowest BCUT2D eigenvalue weighted by molar-refractivity contribution is -0.0247. The molecule has 116 valence electrons. The van der Waals surface area contributed by atoms with E-state index in [0.717, 1.165) is 49.8 Å². The Morgan fingerprint density at radius 3 is 2.19 bits per heavy atom. The molecule has 1 aliphatic carbocycles. The zero-order valence-corrected chi connectivity index (χ0v) is 12.7. The molecule has 0 amide bonds. The first-order valence-electron chi connectivity index (χ1n) is 7.47. The summed E-state index contributed by atoms with van der Waals surface area (Å²) < 4.78 is 16.4. The van der Waals surface area contributed by atoms with Crippen molar-refractivity contribution in [1.82, 2.24) is 4.90 Å². The predicted molar refractivity (Wildman–Crippen MR) is 79.1 cm³/mol. The van der Waals surface area contributed by atoms with E-state index in [1.165, 1.54) is 5.56 Å². The van der Waals surface area contributed by atoms with Gasteiger partial charge in [0.1, 0.15) is 11.5 Å². The standard InChI is InChI=1S/C16H23NO4/c1-19-15-3-4-16(20-2)12-10-14(18)13(9-11(12)15)17-5-7-21-8-6-17/h3-4,13-14,18H,5-10H2,1-2H3. The molecule has 1 aromatic carbocycles. The number of benzene rings is 1. The summed E-state index contributed by atoms with van der Waals surface area (Å²) in [5, 5.41) is 10.6. The largest absolute Gasteiger partial charge is 0.496 e. The highest BCUT2D eigenvalue weighted by molar-refractivity contribution is 5.51. The van der Waals surface area contributed by atoms with Crippen LogP contribution in [0.3, 0.4) is 0 Å². The maximum absolute atomic E-state index is 10.6. The van der Waals surface area contributed by atoms with E-state index in [-0.39, 0.29) is 12.1 Å². The molecular formula is C16H23NO4. The fourth-order valence-corrected chi connectivity index (χ4v) is 3.45. The van der Waals surface area contributed by atoms with Gasteiger partial charge in [0, 0.05) is 36.7 Å². The third-order valence-corrected chi connectivity index (χ3v) is 4.57. The van der Waals surface area contributed by atoms with E-state index in [9.17, 15) is 5.11 Å². The van der Waals surface area contributed by atoms with Crippen molar-refractivity contribution in [3.63, 3.8) is 0 Å². The fraction of sp³-hybridized carbons (Fsp3) is 0.625. The van der Waals surface area contributed by atoms with Crippen LogP contribution in [-0.2, 0) is 17.6 Å². The summed E-state index contributed by atoms with van der Waals surface area (Å²) in [6.45, 7) is 3.24. The van der Waals surface area contributed by atoms with Crippen LogP contribution in [0.2, 0.25) is 0 Å². The van der Waals surface area contributed by atoms with E-state index in [1.54, 1.807) is 14.2 Å². The summed E-state index contributed by atoms with van der Waals surface area (Å²) in [5.74, 6) is 1.72. The molecule has 1 aromatic rings. The van der Waals surface area contributed by atoms with Crippen LogP contribution < -0.4 is 9.47 Å². The fourth-order valence-electron chi connectivity index (χ4n) is 3.45. The van der Waals surface area contributed by atoms with Crippen molar-refractivity contribution in [2.45, 2.75) is 25.0 Å². The Labute approximate surface area is 125 Å². The van der Waals surface area contributed by atoms with Gasteiger partial charge < -0.3 is 19.3 Å². The highest BCUT2D eigenvalue weighted by Crippen LogP contribution is 2.37. The van der Waals surface area contributed by atoms with E-state index in [0.29, 0.717) is 6.42 Å². The summed E-state index contributed by atoms with van der Waals surface area (Å²) >= 11 is 0. The molecule has 1 saturated heterocycles. The number of aliphatic hydroxyl groups excluding tert-OH is 1. The Balaban J connectivity index is 1.91. The van der Waals surface area contributed by atoms with Crippen LogP contribution >= 0.6 is 0 Å². The minimum absolute atomic E-state index is 0.127. The molecule has 0 saturated carbocycles. The van der Waals surface area contributed by atoms with Gasteiger partial charge in [-0.15, -0.1) is 0 Å². The quantitative estimate of drug-likeness (QED) is 0.896. The van der Waals surface area contributed by atoms with Crippen LogP contribution in [0.15, 0.2) is 12.1 Å². The molecule has 1 heterocycles. The molecule has 5 heteroatoms. The molecule has 0 radical (unpaired) electrons. The number of methoxy groups -OCH3 is 2.